The van der Waals surface area contributed by atoms with E-state index in [9.17, 15) is 9.50 Å². The number of halogens is 1. The minimum absolute atomic E-state index is 0.292. The van der Waals surface area contributed by atoms with Crippen LogP contribution in [0.1, 0.15) is 18.4 Å². The Morgan fingerprint density at radius 2 is 2.14 bits per heavy atom. The monoisotopic (exact) mass is 197 g/mol. The van der Waals surface area contributed by atoms with Gasteiger partial charge in [-0.15, -0.1) is 0 Å². The number of hydrogen-bond acceptors (Lipinski definition) is 3. The first-order chi connectivity index (χ1) is 6.58. The topological polar surface area (TPSA) is 55.5 Å². The molecule has 0 aliphatic heterocycles. The number of rotatable bonds is 2. The second kappa shape index (κ2) is 2.85. The molecule has 0 atom stereocenters. The highest BCUT2D eigenvalue weighted by Crippen LogP contribution is 2.48. The van der Waals surface area contributed by atoms with Crippen molar-refractivity contribution in [3.8, 4) is 11.5 Å². The SMILES string of the molecule is COc1ccc(O)c(F)c1C1(N)CC1. The van der Waals surface area contributed by atoms with Gasteiger partial charge in [0.1, 0.15) is 5.75 Å². The van der Waals surface area contributed by atoms with E-state index >= 15 is 0 Å². The molecule has 1 aliphatic rings. The van der Waals surface area contributed by atoms with E-state index in [-0.39, 0.29) is 5.75 Å². The third-order valence-electron chi connectivity index (χ3n) is 2.59. The number of methoxy groups -OCH3 is 1. The maximum atomic E-state index is 13.6. The second-order valence-electron chi connectivity index (χ2n) is 3.63. The minimum atomic E-state index is -0.663. The van der Waals surface area contributed by atoms with Crippen LogP contribution in [0.25, 0.3) is 0 Å². The fraction of sp³-hybridized carbons (Fsp3) is 0.400. The molecule has 0 amide bonds. The zero-order chi connectivity index (χ0) is 10.3. The summed E-state index contributed by atoms with van der Waals surface area (Å²) < 4.78 is 18.6. The highest BCUT2D eigenvalue weighted by molar-refractivity contribution is 5.47. The van der Waals surface area contributed by atoms with Gasteiger partial charge in [-0.1, -0.05) is 0 Å². The molecule has 0 spiro atoms. The van der Waals surface area contributed by atoms with Crippen LogP contribution in [0.4, 0.5) is 4.39 Å². The first-order valence-corrected chi connectivity index (χ1v) is 4.43. The van der Waals surface area contributed by atoms with Crippen LogP contribution in [-0.2, 0) is 5.54 Å². The summed E-state index contributed by atoms with van der Waals surface area (Å²) in [5.74, 6) is -0.637. The van der Waals surface area contributed by atoms with Crippen molar-refractivity contribution < 1.29 is 14.2 Å². The summed E-state index contributed by atoms with van der Waals surface area (Å²) in [5.41, 5.74) is 5.53. The molecular weight excluding hydrogens is 185 g/mol. The van der Waals surface area contributed by atoms with E-state index in [4.69, 9.17) is 10.5 Å². The highest BCUT2D eigenvalue weighted by atomic mass is 19.1. The number of benzene rings is 1. The van der Waals surface area contributed by atoms with Gasteiger partial charge in [0.25, 0.3) is 0 Å². The van der Waals surface area contributed by atoms with E-state index in [1.54, 1.807) is 0 Å². The Morgan fingerprint density at radius 1 is 1.50 bits per heavy atom. The molecule has 1 fully saturated rings. The quantitative estimate of drug-likeness (QED) is 0.755. The average molecular weight is 197 g/mol. The molecule has 3 nitrogen and oxygen atoms in total. The molecule has 14 heavy (non-hydrogen) atoms. The maximum absolute atomic E-state index is 13.6. The van der Waals surface area contributed by atoms with Gasteiger partial charge >= 0.3 is 0 Å². The third kappa shape index (κ3) is 1.23. The lowest BCUT2D eigenvalue weighted by Crippen LogP contribution is -2.21. The zero-order valence-electron chi connectivity index (χ0n) is 7.88. The molecule has 0 unspecified atom stereocenters. The van der Waals surface area contributed by atoms with Crippen LogP contribution in [0.2, 0.25) is 0 Å². The van der Waals surface area contributed by atoms with Crippen LogP contribution in [-0.4, -0.2) is 12.2 Å². The molecule has 2 rings (SSSR count). The van der Waals surface area contributed by atoms with Crippen molar-refractivity contribution >= 4 is 0 Å². The second-order valence-corrected chi connectivity index (χ2v) is 3.63. The summed E-state index contributed by atoms with van der Waals surface area (Å²) in [4.78, 5) is 0. The van der Waals surface area contributed by atoms with Gasteiger partial charge in [0, 0.05) is 5.54 Å². The van der Waals surface area contributed by atoms with Crippen molar-refractivity contribution in [2.24, 2.45) is 5.73 Å². The van der Waals surface area contributed by atoms with E-state index in [1.165, 1.54) is 19.2 Å². The van der Waals surface area contributed by atoms with Crippen LogP contribution in [0.3, 0.4) is 0 Å². The van der Waals surface area contributed by atoms with Crippen molar-refractivity contribution in [2.45, 2.75) is 18.4 Å². The number of phenols is 1. The van der Waals surface area contributed by atoms with Gasteiger partial charge in [-0.05, 0) is 25.0 Å². The minimum Gasteiger partial charge on any atom is -0.505 e. The fourth-order valence-electron chi connectivity index (χ4n) is 1.57. The molecule has 0 radical (unpaired) electrons. The largest absolute Gasteiger partial charge is 0.505 e. The molecule has 3 N–H and O–H groups in total. The van der Waals surface area contributed by atoms with Gasteiger partial charge in [0.15, 0.2) is 11.6 Å². The molecule has 76 valence electrons. The summed E-state index contributed by atoms with van der Waals surface area (Å²) in [7, 11) is 1.46. The Labute approximate surface area is 81.3 Å². The Kier molecular flexibility index (Phi) is 1.89. The normalized spacial score (nSPS) is 17.9. The molecule has 0 heterocycles. The number of nitrogens with two attached hydrogens (primary N) is 1. The van der Waals surface area contributed by atoms with E-state index in [0.717, 1.165) is 12.8 Å². The predicted octanol–water partition coefficient (Wildman–Crippen LogP) is 1.49. The first-order valence-electron chi connectivity index (χ1n) is 4.43. The molecule has 1 aromatic rings. The van der Waals surface area contributed by atoms with Gasteiger partial charge in [-0.3, -0.25) is 0 Å². The molecule has 0 bridgehead atoms. The van der Waals surface area contributed by atoms with E-state index in [1.807, 2.05) is 0 Å². The molecule has 1 aliphatic carbocycles. The highest BCUT2D eigenvalue weighted by Gasteiger charge is 2.45. The van der Waals surface area contributed by atoms with Gasteiger partial charge in [-0.25, -0.2) is 4.39 Å². The van der Waals surface area contributed by atoms with Crippen LogP contribution in [0, 0.1) is 5.82 Å². The third-order valence-corrected chi connectivity index (χ3v) is 2.59. The lowest BCUT2D eigenvalue weighted by Gasteiger charge is -2.15. The molecule has 0 aromatic heterocycles. The van der Waals surface area contributed by atoms with E-state index < -0.39 is 11.4 Å². The average Bonchev–Trinajstić information content (AvgIpc) is 2.89. The summed E-state index contributed by atoms with van der Waals surface area (Å²) in [6.07, 6.45) is 1.45. The smallest absolute Gasteiger partial charge is 0.173 e. The van der Waals surface area contributed by atoms with E-state index in [2.05, 4.69) is 0 Å². The number of phenolic OH excluding ortho intramolecular Hbond substituents is 1. The van der Waals surface area contributed by atoms with Crippen LogP contribution in [0.5, 0.6) is 11.5 Å². The summed E-state index contributed by atoms with van der Waals surface area (Å²) in [5, 5.41) is 9.23. The molecule has 1 aromatic carbocycles. The first kappa shape index (κ1) is 9.27. The summed E-state index contributed by atoms with van der Waals surface area (Å²) in [6.45, 7) is 0. The Bertz CT molecular complexity index is 375. The van der Waals surface area contributed by atoms with Crippen molar-refractivity contribution in [2.75, 3.05) is 7.11 Å². The number of ether oxygens (including phenoxy) is 1. The standard InChI is InChI=1S/C10H12FNO2/c1-14-7-3-2-6(13)9(11)8(7)10(12)4-5-10/h2-3,13H,4-5,12H2,1H3. The zero-order valence-corrected chi connectivity index (χ0v) is 7.88. The summed E-state index contributed by atoms with van der Waals surface area (Å²) in [6, 6.07) is 2.80. The van der Waals surface area contributed by atoms with Gasteiger partial charge in [0.2, 0.25) is 0 Å². The van der Waals surface area contributed by atoms with Crippen molar-refractivity contribution in [3.63, 3.8) is 0 Å². The number of hydrogen-bond donors (Lipinski definition) is 2. The Hall–Kier alpha value is -1.29. The lowest BCUT2D eigenvalue weighted by atomic mass is 10.0. The van der Waals surface area contributed by atoms with Crippen LogP contribution < -0.4 is 10.5 Å². The molecule has 4 heteroatoms. The fourth-order valence-corrected chi connectivity index (χ4v) is 1.57. The Morgan fingerprint density at radius 3 is 2.64 bits per heavy atom. The molecule has 0 saturated heterocycles. The summed E-state index contributed by atoms with van der Waals surface area (Å²) >= 11 is 0. The lowest BCUT2D eigenvalue weighted by molar-refractivity contribution is 0.382. The maximum Gasteiger partial charge on any atom is 0.173 e. The van der Waals surface area contributed by atoms with Gasteiger partial charge < -0.3 is 15.6 Å². The molecular formula is C10H12FNO2. The van der Waals surface area contributed by atoms with Crippen molar-refractivity contribution in [3.05, 3.63) is 23.5 Å². The Balaban J connectivity index is 2.59. The van der Waals surface area contributed by atoms with Gasteiger partial charge in [0.05, 0.1) is 12.7 Å². The van der Waals surface area contributed by atoms with Crippen molar-refractivity contribution in [1.82, 2.24) is 0 Å². The molecule has 1 saturated carbocycles. The van der Waals surface area contributed by atoms with Crippen molar-refractivity contribution in [1.29, 1.82) is 0 Å². The van der Waals surface area contributed by atoms with Crippen LogP contribution in [0.15, 0.2) is 12.1 Å². The van der Waals surface area contributed by atoms with E-state index in [0.29, 0.717) is 11.3 Å². The van der Waals surface area contributed by atoms with Crippen LogP contribution >= 0.6 is 0 Å². The van der Waals surface area contributed by atoms with Gasteiger partial charge in [-0.2, -0.15) is 0 Å². The predicted molar refractivity (Wildman–Crippen MR) is 49.7 cm³/mol. The number of aromatic hydroxyl groups is 1.